The number of hydrogen-bond donors (Lipinski definition) is 1. The maximum absolute atomic E-state index is 10.8. The van der Waals surface area contributed by atoms with Gasteiger partial charge in [-0.2, -0.15) is 0 Å². The van der Waals surface area contributed by atoms with Crippen molar-refractivity contribution in [2.75, 3.05) is 0 Å². The predicted octanol–water partition coefficient (Wildman–Crippen LogP) is 3.41. The van der Waals surface area contributed by atoms with Crippen LogP contribution < -0.4 is 5.73 Å². The van der Waals surface area contributed by atoms with Gasteiger partial charge in [0.1, 0.15) is 0 Å². The maximum atomic E-state index is 10.8. The number of carbonyl (C=O) groups excluding carboxylic acids is 1. The lowest BCUT2D eigenvalue weighted by atomic mass is 10.1. The number of halogens is 1. The monoisotopic (exact) mass is 279 g/mol. The van der Waals surface area contributed by atoms with Gasteiger partial charge < -0.3 is 5.73 Å². The molecule has 0 radical (unpaired) electrons. The highest BCUT2D eigenvalue weighted by Gasteiger charge is 2.06. The number of nitrogens with two attached hydrogens (primary N) is 1. The van der Waals surface area contributed by atoms with Gasteiger partial charge in [0.05, 0.1) is 0 Å². The standard InChI is InChI=1S/C14H14ClNOS/c15-12-4-1-10(2-5-12)9-13-11(7-8-18-13)3-6-14(16)17/h1-2,4-5,7-8H,3,6,9H2,(H2,16,17). The van der Waals surface area contributed by atoms with Crippen LogP contribution in [-0.4, -0.2) is 5.91 Å². The van der Waals surface area contributed by atoms with E-state index in [2.05, 4.69) is 11.4 Å². The molecule has 2 N–H and O–H groups in total. The Morgan fingerprint density at radius 2 is 1.94 bits per heavy atom. The molecule has 0 atom stereocenters. The summed E-state index contributed by atoms with van der Waals surface area (Å²) < 4.78 is 0. The molecule has 4 heteroatoms. The highest BCUT2D eigenvalue weighted by molar-refractivity contribution is 7.10. The molecule has 0 saturated heterocycles. The van der Waals surface area contributed by atoms with E-state index in [4.69, 9.17) is 17.3 Å². The molecule has 1 heterocycles. The molecule has 94 valence electrons. The summed E-state index contributed by atoms with van der Waals surface area (Å²) >= 11 is 7.58. The number of hydrogen-bond acceptors (Lipinski definition) is 2. The van der Waals surface area contributed by atoms with E-state index in [1.165, 1.54) is 16.0 Å². The zero-order valence-corrected chi connectivity index (χ0v) is 11.4. The minimum atomic E-state index is -0.251. The highest BCUT2D eigenvalue weighted by Crippen LogP contribution is 2.22. The number of amides is 1. The summed E-state index contributed by atoms with van der Waals surface area (Å²) in [5.41, 5.74) is 7.62. The van der Waals surface area contributed by atoms with Gasteiger partial charge in [0, 0.05) is 22.7 Å². The Morgan fingerprint density at radius 1 is 1.22 bits per heavy atom. The molecule has 2 aromatic rings. The van der Waals surface area contributed by atoms with Crippen molar-refractivity contribution >= 4 is 28.8 Å². The van der Waals surface area contributed by atoms with Crippen LogP contribution in [0.5, 0.6) is 0 Å². The van der Waals surface area contributed by atoms with E-state index in [1.54, 1.807) is 11.3 Å². The van der Waals surface area contributed by atoms with Gasteiger partial charge in [-0.1, -0.05) is 23.7 Å². The Labute approximate surface area is 115 Å². The Bertz CT molecular complexity index is 533. The SMILES string of the molecule is NC(=O)CCc1ccsc1Cc1ccc(Cl)cc1. The lowest BCUT2D eigenvalue weighted by molar-refractivity contribution is -0.117. The third-order valence-electron chi connectivity index (χ3n) is 2.76. The van der Waals surface area contributed by atoms with Crippen molar-refractivity contribution in [3.05, 3.63) is 56.7 Å². The van der Waals surface area contributed by atoms with E-state index in [1.807, 2.05) is 24.3 Å². The Morgan fingerprint density at radius 3 is 2.61 bits per heavy atom. The lowest BCUT2D eigenvalue weighted by Gasteiger charge is -2.03. The third-order valence-corrected chi connectivity index (χ3v) is 3.97. The fourth-order valence-corrected chi connectivity index (χ4v) is 2.88. The van der Waals surface area contributed by atoms with Crippen LogP contribution in [0, 0.1) is 0 Å². The normalized spacial score (nSPS) is 10.5. The number of primary amides is 1. The second-order valence-electron chi connectivity index (χ2n) is 4.14. The first kappa shape index (κ1) is 13.1. The predicted molar refractivity (Wildman–Crippen MR) is 76.1 cm³/mol. The summed E-state index contributed by atoms with van der Waals surface area (Å²) in [4.78, 5) is 12.1. The molecular weight excluding hydrogens is 266 g/mol. The van der Waals surface area contributed by atoms with Crippen LogP contribution in [0.4, 0.5) is 0 Å². The molecule has 0 aliphatic heterocycles. The average molecular weight is 280 g/mol. The van der Waals surface area contributed by atoms with E-state index in [-0.39, 0.29) is 5.91 Å². The molecule has 2 rings (SSSR count). The molecule has 0 bridgehead atoms. The summed E-state index contributed by atoms with van der Waals surface area (Å²) in [6.45, 7) is 0. The zero-order chi connectivity index (χ0) is 13.0. The summed E-state index contributed by atoms with van der Waals surface area (Å²) in [6.07, 6.45) is 2.01. The lowest BCUT2D eigenvalue weighted by Crippen LogP contribution is -2.11. The molecule has 0 aliphatic rings. The fraction of sp³-hybridized carbons (Fsp3) is 0.214. The number of rotatable bonds is 5. The van der Waals surface area contributed by atoms with Crippen molar-refractivity contribution in [3.8, 4) is 0 Å². The Balaban J connectivity index is 2.07. The first-order chi connectivity index (χ1) is 8.65. The van der Waals surface area contributed by atoms with E-state index in [0.29, 0.717) is 6.42 Å². The third kappa shape index (κ3) is 3.59. The second-order valence-corrected chi connectivity index (χ2v) is 5.58. The Hall–Kier alpha value is -1.32. The van der Waals surface area contributed by atoms with Gasteiger partial charge in [-0.15, -0.1) is 11.3 Å². The van der Waals surface area contributed by atoms with Crippen LogP contribution in [0.1, 0.15) is 22.4 Å². The average Bonchev–Trinajstić information content (AvgIpc) is 2.77. The molecule has 2 nitrogen and oxygen atoms in total. The minimum absolute atomic E-state index is 0.251. The molecule has 0 aliphatic carbocycles. The van der Waals surface area contributed by atoms with Crippen LogP contribution in [0.15, 0.2) is 35.7 Å². The summed E-state index contributed by atoms with van der Waals surface area (Å²) in [7, 11) is 0. The van der Waals surface area contributed by atoms with Crippen molar-refractivity contribution in [3.63, 3.8) is 0 Å². The summed E-state index contributed by atoms with van der Waals surface area (Å²) in [5.74, 6) is -0.251. The van der Waals surface area contributed by atoms with Gasteiger partial charge in [0.15, 0.2) is 0 Å². The summed E-state index contributed by atoms with van der Waals surface area (Å²) in [5, 5.41) is 2.81. The van der Waals surface area contributed by atoms with Gasteiger partial charge >= 0.3 is 0 Å². The number of benzene rings is 1. The van der Waals surface area contributed by atoms with E-state index in [9.17, 15) is 4.79 Å². The number of carbonyl (C=O) groups is 1. The van der Waals surface area contributed by atoms with Gasteiger partial charge in [-0.3, -0.25) is 4.79 Å². The maximum Gasteiger partial charge on any atom is 0.217 e. The van der Waals surface area contributed by atoms with Crippen LogP contribution >= 0.6 is 22.9 Å². The Kier molecular flexibility index (Phi) is 4.39. The van der Waals surface area contributed by atoms with E-state index < -0.39 is 0 Å². The largest absolute Gasteiger partial charge is 0.370 e. The molecule has 1 aromatic carbocycles. The molecule has 0 saturated carbocycles. The van der Waals surface area contributed by atoms with Gasteiger partial charge in [-0.25, -0.2) is 0 Å². The van der Waals surface area contributed by atoms with Crippen LogP contribution in [-0.2, 0) is 17.6 Å². The first-order valence-corrected chi connectivity index (χ1v) is 6.99. The first-order valence-electron chi connectivity index (χ1n) is 5.73. The molecule has 0 spiro atoms. The van der Waals surface area contributed by atoms with Crippen LogP contribution in [0.25, 0.3) is 0 Å². The molecular formula is C14H14ClNOS. The van der Waals surface area contributed by atoms with Crippen molar-refractivity contribution in [2.24, 2.45) is 5.73 Å². The second kappa shape index (κ2) is 6.03. The van der Waals surface area contributed by atoms with Gasteiger partial charge in [-0.05, 0) is 41.1 Å². The van der Waals surface area contributed by atoms with Crippen molar-refractivity contribution < 1.29 is 4.79 Å². The van der Waals surface area contributed by atoms with Crippen LogP contribution in [0.3, 0.4) is 0 Å². The van der Waals surface area contributed by atoms with E-state index in [0.717, 1.165) is 17.9 Å². The van der Waals surface area contributed by atoms with Gasteiger partial charge in [0.2, 0.25) is 5.91 Å². The quantitative estimate of drug-likeness (QED) is 0.895. The molecule has 18 heavy (non-hydrogen) atoms. The molecule has 0 fully saturated rings. The van der Waals surface area contributed by atoms with Crippen molar-refractivity contribution in [2.45, 2.75) is 19.3 Å². The topological polar surface area (TPSA) is 43.1 Å². The minimum Gasteiger partial charge on any atom is -0.370 e. The fourth-order valence-electron chi connectivity index (χ4n) is 1.79. The summed E-state index contributed by atoms with van der Waals surface area (Å²) in [6, 6.07) is 9.92. The van der Waals surface area contributed by atoms with Crippen molar-refractivity contribution in [1.29, 1.82) is 0 Å². The molecule has 0 unspecified atom stereocenters. The molecule has 1 amide bonds. The molecule has 1 aromatic heterocycles. The van der Waals surface area contributed by atoms with Gasteiger partial charge in [0.25, 0.3) is 0 Å². The zero-order valence-electron chi connectivity index (χ0n) is 9.86. The van der Waals surface area contributed by atoms with Crippen molar-refractivity contribution in [1.82, 2.24) is 0 Å². The smallest absolute Gasteiger partial charge is 0.217 e. The number of aryl methyl sites for hydroxylation is 1. The highest BCUT2D eigenvalue weighted by atomic mass is 35.5. The van der Waals surface area contributed by atoms with E-state index >= 15 is 0 Å². The van der Waals surface area contributed by atoms with Crippen LogP contribution in [0.2, 0.25) is 5.02 Å². The number of thiophene rings is 1.